The highest BCUT2D eigenvalue weighted by atomic mass is 35.5. The number of carbonyl (C=O) groups is 1. The zero-order valence-corrected chi connectivity index (χ0v) is 6.19. The summed E-state index contributed by atoms with van der Waals surface area (Å²) in [6.45, 7) is 0. The first-order chi connectivity index (χ1) is 4.70. The fraction of sp³-hybridized carbons (Fsp3) is 0.286. The van der Waals surface area contributed by atoms with Crippen molar-refractivity contribution in [3.8, 4) is 0 Å². The molecule has 0 spiro atoms. The van der Waals surface area contributed by atoms with Crippen molar-refractivity contribution in [2.75, 3.05) is 0 Å². The van der Waals surface area contributed by atoms with Crippen molar-refractivity contribution >= 4 is 17.5 Å². The van der Waals surface area contributed by atoms with E-state index in [1.165, 1.54) is 0 Å². The minimum atomic E-state index is -0.405. The molecule has 0 aromatic heterocycles. The van der Waals surface area contributed by atoms with Crippen LogP contribution in [0, 0.1) is 0 Å². The third kappa shape index (κ3) is 1.61. The summed E-state index contributed by atoms with van der Waals surface area (Å²) in [7, 11) is 0. The first-order valence-electron chi connectivity index (χ1n) is 3.06. The van der Waals surface area contributed by atoms with Crippen LogP contribution in [0.2, 0.25) is 0 Å². The van der Waals surface area contributed by atoms with Crippen molar-refractivity contribution in [1.29, 1.82) is 0 Å². The summed E-state index contributed by atoms with van der Waals surface area (Å²) in [4.78, 5) is 10.6. The van der Waals surface area contributed by atoms with Crippen LogP contribution in [0.25, 0.3) is 0 Å². The molecule has 0 fully saturated rings. The zero-order valence-electron chi connectivity index (χ0n) is 5.43. The highest BCUT2D eigenvalue weighted by Crippen LogP contribution is 2.19. The van der Waals surface area contributed by atoms with Gasteiger partial charge in [0, 0.05) is 10.6 Å². The van der Waals surface area contributed by atoms with Gasteiger partial charge in [-0.05, 0) is 18.9 Å². The van der Waals surface area contributed by atoms with Crippen LogP contribution in [0.3, 0.4) is 0 Å². The second kappa shape index (κ2) is 2.88. The molecular formula is C7H8ClNO. The van der Waals surface area contributed by atoms with Crippen LogP contribution < -0.4 is 5.73 Å². The maximum absolute atomic E-state index is 10.6. The number of allylic oxidation sites excluding steroid dienone is 2. The van der Waals surface area contributed by atoms with Crippen molar-refractivity contribution in [2.24, 2.45) is 5.73 Å². The number of primary amides is 1. The number of hydrogen-bond acceptors (Lipinski definition) is 1. The SMILES string of the molecule is NC(=O)C1=CCCC(Cl)=C1. The van der Waals surface area contributed by atoms with E-state index in [0.717, 1.165) is 12.8 Å². The Balaban J connectivity index is 2.79. The Bertz CT molecular complexity index is 218. The highest BCUT2D eigenvalue weighted by Gasteiger charge is 2.06. The molecule has 1 amide bonds. The van der Waals surface area contributed by atoms with Gasteiger partial charge in [0.15, 0.2) is 0 Å². The van der Waals surface area contributed by atoms with Crippen molar-refractivity contribution in [3.63, 3.8) is 0 Å². The van der Waals surface area contributed by atoms with E-state index in [-0.39, 0.29) is 0 Å². The maximum Gasteiger partial charge on any atom is 0.248 e. The van der Waals surface area contributed by atoms with Crippen LogP contribution in [0.5, 0.6) is 0 Å². The van der Waals surface area contributed by atoms with E-state index in [9.17, 15) is 4.79 Å². The second-order valence-corrected chi connectivity index (χ2v) is 2.64. The Kier molecular flexibility index (Phi) is 2.12. The largest absolute Gasteiger partial charge is 0.366 e. The van der Waals surface area contributed by atoms with Crippen LogP contribution >= 0.6 is 11.6 Å². The predicted molar refractivity (Wildman–Crippen MR) is 40.4 cm³/mol. The van der Waals surface area contributed by atoms with E-state index in [2.05, 4.69) is 0 Å². The van der Waals surface area contributed by atoms with Gasteiger partial charge in [-0.2, -0.15) is 0 Å². The molecule has 0 heterocycles. The summed E-state index contributed by atoms with van der Waals surface area (Å²) in [5.41, 5.74) is 5.54. The number of carbonyl (C=O) groups excluding carboxylic acids is 1. The van der Waals surface area contributed by atoms with E-state index < -0.39 is 5.91 Å². The van der Waals surface area contributed by atoms with Gasteiger partial charge in [0.2, 0.25) is 5.91 Å². The van der Waals surface area contributed by atoms with Gasteiger partial charge in [-0.1, -0.05) is 17.7 Å². The predicted octanol–water partition coefficient (Wildman–Crippen LogP) is 1.31. The molecule has 10 heavy (non-hydrogen) atoms. The van der Waals surface area contributed by atoms with Gasteiger partial charge >= 0.3 is 0 Å². The standard InChI is InChI=1S/C7H8ClNO/c8-6-3-1-2-5(4-6)7(9)10/h2,4H,1,3H2,(H2,9,10). The molecule has 0 saturated heterocycles. The smallest absolute Gasteiger partial charge is 0.248 e. The summed E-state index contributed by atoms with van der Waals surface area (Å²) >= 11 is 5.67. The molecule has 0 radical (unpaired) electrons. The van der Waals surface area contributed by atoms with Gasteiger partial charge < -0.3 is 5.73 Å². The average Bonchev–Trinajstić information content (AvgIpc) is 1.88. The lowest BCUT2D eigenvalue weighted by Crippen LogP contribution is -2.13. The Morgan fingerprint density at radius 2 is 2.40 bits per heavy atom. The number of amides is 1. The normalized spacial score (nSPS) is 17.7. The van der Waals surface area contributed by atoms with Crippen LogP contribution in [0.15, 0.2) is 22.8 Å². The molecule has 0 atom stereocenters. The molecule has 1 rings (SSSR count). The number of rotatable bonds is 1. The molecule has 0 unspecified atom stereocenters. The lowest BCUT2D eigenvalue weighted by Gasteiger charge is -2.04. The number of nitrogens with two attached hydrogens (primary N) is 1. The summed E-state index contributed by atoms with van der Waals surface area (Å²) in [5, 5.41) is 0.705. The molecule has 0 aromatic carbocycles. The molecule has 3 heteroatoms. The Hall–Kier alpha value is -0.760. The molecule has 2 nitrogen and oxygen atoms in total. The zero-order chi connectivity index (χ0) is 7.56. The lowest BCUT2D eigenvalue weighted by atomic mass is 10.1. The second-order valence-electron chi connectivity index (χ2n) is 2.15. The summed E-state index contributed by atoms with van der Waals surface area (Å²) in [5.74, 6) is -0.405. The van der Waals surface area contributed by atoms with Crippen molar-refractivity contribution < 1.29 is 4.79 Å². The van der Waals surface area contributed by atoms with E-state index >= 15 is 0 Å². The molecule has 1 aliphatic carbocycles. The first kappa shape index (κ1) is 7.35. The molecule has 54 valence electrons. The Morgan fingerprint density at radius 3 is 2.80 bits per heavy atom. The maximum atomic E-state index is 10.6. The first-order valence-corrected chi connectivity index (χ1v) is 3.44. The van der Waals surface area contributed by atoms with E-state index in [1.54, 1.807) is 12.2 Å². The topological polar surface area (TPSA) is 43.1 Å². The molecular weight excluding hydrogens is 150 g/mol. The average molecular weight is 158 g/mol. The van der Waals surface area contributed by atoms with Gasteiger partial charge in [-0.3, -0.25) is 4.79 Å². The van der Waals surface area contributed by atoms with Gasteiger partial charge in [0.25, 0.3) is 0 Å². The highest BCUT2D eigenvalue weighted by molar-refractivity contribution is 6.30. The monoisotopic (exact) mass is 157 g/mol. The third-order valence-electron chi connectivity index (χ3n) is 1.34. The van der Waals surface area contributed by atoms with Crippen LogP contribution in [-0.2, 0) is 4.79 Å². The van der Waals surface area contributed by atoms with Crippen molar-refractivity contribution in [2.45, 2.75) is 12.8 Å². The quantitative estimate of drug-likeness (QED) is 0.613. The third-order valence-corrected chi connectivity index (χ3v) is 1.64. The lowest BCUT2D eigenvalue weighted by molar-refractivity contribution is -0.114. The summed E-state index contributed by atoms with van der Waals surface area (Å²) in [6.07, 6.45) is 5.05. The van der Waals surface area contributed by atoms with Gasteiger partial charge in [0.1, 0.15) is 0 Å². The minimum Gasteiger partial charge on any atom is -0.366 e. The van der Waals surface area contributed by atoms with Gasteiger partial charge in [0.05, 0.1) is 0 Å². The van der Waals surface area contributed by atoms with E-state index in [0.29, 0.717) is 10.6 Å². The van der Waals surface area contributed by atoms with Crippen LogP contribution in [-0.4, -0.2) is 5.91 Å². The van der Waals surface area contributed by atoms with Gasteiger partial charge in [-0.15, -0.1) is 0 Å². The van der Waals surface area contributed by atoms with Crippen molar-refractivity contribution in [1.82, 2.24) is 0 Å². The molecule has 0 aliphatic heterocycles. The molecule has 0 aromatic rings. The molecule has 0 saturated carbocycles. The summed E-state index contributed by atoms with van der Waals surface area (Å²) in [6, 6.07) is 0. The fourth-order valence-electron chi connectivity index (χ4n) is 0.837. The summed E-state index contributed by atoms with van der Waals surface area (Å²) < 4.78 is 0. The van der Waals surface area contributed by atoms with Crippen LogP contribution in [0.1, 0.15) is 12.8 Å². The van der Waals surface area contributed by atoms with Crippen LogP contribution in [0.4, 0.5) is 0 Å². The Morgan fingerprint density at radius 1 is 1.70 bits per heavy atom. The number of hydrogen-bond donors (Lipinski definition) is 1. The molecule has 2 N–H and O–H groups in total. The molecule has 0 bridgehead atoms. The Labute approximate surface area is 64.3 Å². The fourth-order valence-corrected chi connectivity index (χ4v) is 1.06. The van der Waals surface area contributed by atoms with Gasteiger partial charge in [-0.25, -0.2) is 0 Å². The van der Waals surface area contributed by atoms with E-state index in [1.807, 2.05) is 0 Å². The minimum absolute atomic E-state index is 0.405. The number of halogens is 1. The molecule has 1 aliphatic rings. The van der Waals surface area contributed by atoms with E-state index in [4.69, 9.17) is 17.3 Å². The van der Waals surface area contributed by atoms with Crippen molar-refractivity contribution in [3.05, 3.63) is 22.8 Å².